The van der Waals surface area contributed by atoms with E-state index in [0.29, 0.717) is 18.5 Å². The molecule has 1 aromatic heterocycles. The number of aryl methyl sites for hydroxylation is 1. The molecule has 2 aromatic carbocycles. The number of carbonyl (C=O) groups is 3. The molecule has 0 radical (unpaired) electrons. The molecular weight excluding hydrogens is 406 g/mol. The molecule has 8 heteroatoms. The number of piperidine rings is 1. The molecule has 1 unspecified atom stereocenters. The normalized spacial score (nSPS) is 19.3. The third-order valence-corrected chi connectivity index (χ3v) is 6.40. The molecular formula is C24H25N5O3. The second-order valence-corrected chi connectivity index (χ2v) is 8.48. The van der Waals surface area contributed by atoms with Crippen LogP contribution in [0, 0.1) is 0 Å². The van der Waals surface area contributed by atoms with Gasteiger partial charge in [-0.1, -0.05) is 24.3 Å². The lowest BCUT2D eigenvalue weighted by Gasteiger charge is -2.29. The van der Waals surface area contributed by atoms with E-state index >= 15 is 0 Å². The van der Waals surface area contributed by atoms with Gasteiger partial charge in [0.05, 0.1) is 17.1 Å². The van der Waals surface area contributed by atoms with Crippen molar-refractivity contribution in [1.29, 1.82) is 0 Å². The van der Waals surface area contributed by atoms with Crippen LogP contribution in [0.1, 0.15) is 59.0 Å². The number of para-hydroxylation sites is 2. The number of aromatic amines is 1. The van der Waals surface area contributed by atoms with Gasteiger partial charge in [0.1, 0.15) is 11.9 Å². The smallest absolute Gasteiger partial charge is 0.255 e. The Morgan fingerprint density at radius 3 is 2.78 bits per heavy atom. The molecule has 0 spiro atoms. The fourth-order valence-electron chi connectivity index (χ4n) is 4.68. The highest BCUT2D eigenvalue weighted by atomic mass is 16.2. The van der Waals surface area contributed by atoms with Gasteiger partial charge in [0.2, 0.25) is 11.8 Å². The van der Waals surface area contributed by atoms with Gasteiger partial charge >= 0.3 is 0 Å². The molecule has 0 aliphatic carbocycles. The van der Waals surface area contributed by atoms with Crippen LogP contribution in [0.15, 0.2) is 42.5 Å². The zero-order valence-corrected chi connectivity index (χ0v) is 17.6. The lowest BCUT2D eigenvalue weighted by atomic mass is 9.97. The third kappa shape index (κ3) is 3.67. The second-order valence-electron chi connectivity index (χ2n) is 8.48. The van der Waals surface area contributed by atoms with Crippen molar-refractivity contribution in [3.8, 4) is 0 Å². The van der Waals surface area contributed by atoms with E-state index in [1.54, 1.807) is 4.90 Å². The van der Waals surface area contributed by atoms with Crippen LogP contribution < -0.4 is 11.1 Å². The van der Waals surface area contributed by atoms with Crippen molar-refractivity contribution in [3.05, 3.63) is 65.0 Å². The van der Waals surface area contributed by atoms with Crippen LogP contribution in [0.5, 0.6) is 0 Å². The Morgan fingerprint density at radius 2 is 1.97 bits per heavy atom. The van der Waals surface area contributed by atoms with Crippen molar-refractivity contribution in [2.45, 2.75) is 50.7 Å². The number of amides is 3. The van der Waals surface area contributed by atoms with E-state index in [-0.39, 0.29) is 30.2 Å². The van der Waals surface area contributed by atoms with E-state index in [1.165, 1.54) is 0 Å². The Morgan fingerprint density at radius 1 is 1.12 bits per heavy atom. The Balaban J connectivity index is 1.25. The average molecular weight is 431 g/mol. The standard InChI is InChI=1S/C24H25N5O3/c25-17(22-26-18-9-1-2-10-19(18)27-22)8-4-6-14-5-3-7-15-16(14)13-29(24(15)32)20-11-12-21(30)28-23(20)31/h1-3,5,7,9-10,17,20H,4,6,8,11-13,25H2,(H,26,27)(H,28,30,31)/t17-,20?/m0/s1. The summed E-state index contributed by atoms with van der Waals surface area (Å²) in [5, 5.41) is 2.35. The third-order valence-electron chi connectivity index (χ3n) is 6.40. The Hall–Kier alpha value is -3.52. The molecule has 1 fully saturated rings. The van der Waals surface area contributed by atoms with E-state index in [4.69, 9.17) is 5.73 Å². The maximum atomic E-state index is 13.0. The predicted molar refractivity (Wildman–Crippen MR) is 118 cm³/mol. The molecule has 4 N–H and O–H groups in total. The summed E-state index contributed by atoms with van der Waals surface area (Å²) in [6.07, 6.45) is 3.01. The van der Waals surface area contributed by atoms with Gasteiger partial charge in [-0.2, -0.15) is 0 Å². The van der Waals surface area contributed by atoms with Crippen molar-refractivity contribution in [2.75, 3.05) is 0 Å². The Bertz CT molecular complexity index is 1180. The number of rotatable bonds is 6. The fourth-order valence-corrected chi connectivity index (χ4v) is 4.68. The summed E-state index contributed by atoms with van der Waals surface area (Å²) >= 11 is 0. The van der Waals surface area contributed by atoms with Crippen LogP contribution >= 0.6 is 0 Å². The first-order valence-electron chi connectivity index (χ1n) is 11.0. The number of carbonyl (C=O) groups excluding carboxylic acids is 3. The van der Waals surface area contributed by atoms with Gasteiger partial charge in [0, 0.05) is 18.5 Å². The number of imidazole rings is 1. The number of fused-ring (bicyclic) bond motifs is 2. The summed E-state index contributed by atoms with van der Waals surface area (Å²) in [7, 11) is 0. The molecule has 0 bridgehead atoms. The summed E-state index contributed by atoms with van der Waals surface area (Å²) in [5.41, 5.74) is 11.0. The zero-order valence-electron chi connectivity index (χ0n) is 17.6. The minimum atomic E-state index is -0.595. The van der Waals surface area contributed by atoms with Crippen LogP contribution in [0.2, 0.25) is 0 Å². The molecule has 2 atom stereocenters. The zero-order chi connectivity index (χ0) is 22.2. The van der Waals surface area contributed by atoms with Gasteiger partial charge in [-0.15, -0.1) is 0 Å². The van der Waals surface area contributed by atoms with Crippen LogP contribution in [-0.2, 0) is 22.6 Å². The summed E-state index contributed by atoms with van der Waals surface area (Å²) in [4.78, 5) is 46.2. The molecule has 1 saturated heterocycles. The molecule has 8 nitrogen and oxygen atoms in total. The molecule has 2 aliphatic rings. The topological polar surface area (TPSA) is 121 Å². The second kappa shape index (κ2) is 8.20. The molecule has 2 aliphatic heterocycles. The quantitative estimate of drug-likeness (QED) is 0.517. The monoisotopic (exact) mass is 431 g/mol. The van der Waals surface area contributed by atoms with Gasteiger partial charge in [-0.3, -0.25) is 19.7 Å². The highest BCUT2D eigenvalue weighted by molar-refractivity contribution is 6.05. The van der Waals surface area contributed by atoms with Crippen molar-refractivity contribution in [1.82, 2.24) is 20.2 Å². The summed E-state index contributed by atoms with van der Waals surface area (Å²) in [5.74, 6) is -0.0308. The first-order valence-corrected chi connectivity index (χ1v) is 11.0. The van der Waals surface area contributed by atoms with Crippen LogP contribution in [-0.4, -0.2) is 38.6 Å². The molecule has 3 heterocycles. The SMILES string of the molecule is N[C@@H](CCCc1cccc2c1CN(C1CCC(=O)NC1=O)C2=O)c1nc2ccccc2[nH]1. The first-order chi connectivity index (χ1) is 15.5. The number of nitrogens with two attached hydrogens (primary N) is 1. The number of hydrogen-bond acceptors (Lipinski definition) is 5. The van der Waals surface area contributed by atoms with Crippen LogP contribution in [0.4, 0.5) is 0 Å². The minimum Gasteiger partial charge on any atom is -0.341 e. The summed E-state index contributed by atoms with van der Waals surface area (Å²) in [6.45, 7) is 0.395. The fraction of sp³-hybridized carbons (Fsp3) is 0.333. The number of aromatic nitrogens is 2. The number of nitrogens with zero attached hydrogens (tertiary/aromatic N) is 2. The average Bonchev–Trinajstić information content (AvgIpc) is 3.36. The number of benzene rings is 2. The number of nitrogens with one attached hydrogen (secondary N) is 2. The first kappa shape index (κ1) is 20.4. The van der Waals surface area contributed by atoms with Gasteiger partial charge < -0.3 is 15.6 Å². The summed E-state index contributed by atoms with van der Waals surface area (Å²) in [6, 6.07) is 12.8. The maximum Gasteiger partial charge on any atom is 0.255 e. The molecule has 0 saturated carbocycles. The molecule has 3 amide bonds. The Labute approximate surface area is 185 Å². The largest absolute Gasteiger partial charge is 0.341 e. The number of H-pyrrole nitrogens is 1. The van der Waals surface area contributed by atoms with E-state index < -0.39 is 6.04 Å². The molecule has 5 rings (SSSR count). The van der Waals surface area contributed by atoms with E-state index in [0.717, 1.165) is 47.2 Å². The van der Waals surface area contributed by atoms with Gasteiger partial charge in [0.15, 0.2) is 0 Å². The van der Waals surface area contributed by atoms with Crippen molar-refractivity contribution in [2.24, 2.45) is 5.73 Å². The van der Waals surface area contributed by atoms with E-state index in [9.17, 15) is 14.4 Å². The lowest BCUT2D eigenvalue weighted by Crippen LogP contribution is -2.52. The molecule has 3 aromatic rings. The lowest BCUT2D eigenvalue weighted by molar-refractivity contribution is -0.136. The predicted octanol–water partition coefficient (Wildman–Crippen LogP) is 2.35. The highest BCUT2D eigenvalue weighted by Gasteiger charge is 2.39. The Kier molecular flexibility index (Phi) is 5.22. The van der Waals surface area contributed by atoms with Gasteiger partial charge in [0.25, 0.3) is 5.91 Å². The van der Waals surface area contributed by atoms with Gasteiger partial charge in [-0.25, -0.2) is 4.98 Å². The van der Waals surface area contributed by atoms with E-state index in [2.05, 4.69) is 15.3 Å². The maximum absolute atomic E-state index is 13.0. The minimum absolute atomic E-state index is 0.143. The van der Waals surface area contributed by atoms with Crippen LogP contribution in [0.3, 0.4) is 0 Å². The highest BCUT2D eigenvalue weighted by Crippen LogP contribution is 2.31. The van der Waals surface area contributed by atoms with E-state index in [1.807, 2.05) is 42.5 Å². The van der Waals surface area contributed by atoms with Crippen molar-refractivity contribution >= 4 is 28.8 Å². The number of imide groups is 1. The van der Waals surface area contributed by atoms with Gasteiger partial charge in [-0.05, 0) is 55.0 Å². The summed E-state index contributed by atoms with van der Waals surface area (Å²) < 4.78 is 0. The molecule has 32 heavy (non-hydrogen) atoms. The van der Waals surface area contributed by atoms with Crippen molar-refractivity contribution < 1.29 is 14.4 Å². The molecule has 164 valence electrons. The number of hydrogen-bond donors (Lipinski definition) is 3. The van der Waals surface area contributed by atoms with Crippen LogP contribution in [0.25, 0.3) is 11.0 Å². The van der Waals surface area contributed by atoms with Crippen molar-refractivity contribution in [3.63, 3.8) is 0 Å².